The van der Waals surface area contributed by atoms with Crippen molar-refractivity contribution < 1.29 is 14.3 Å². The van der Waals surface area contributed by atoms with Crippen molar-refractivity contribution in [1.29, 1.82) is 0 Å². The van der Waals surface area contributed by atoms with Crippen LogP contribution in [0.25, 0.3) is 0 Å². The highest BCUT2D eigenvalue weighted by atomic mass is 79.9. The fourth-order valence-corrected chi connectivity index (χ4v) is 3.14. The molecule has 1 fully saturated rings. The van der Waals surface area contributed by atoms with Gasteiger partial charge in [0, 0.05) is 11.0 Å². The van der Waals surface area contributed by atoms with E-state index in [4.69, 9.17) is 9.47 Å². The summed E-state index contributed by atoms with van der Waals surface area (Å²) in [6.07, 6.45) is -0.437. The number of benzene rings is 2. The van der Waals surface area contributed by atoms with Gasteiger partial charge in [0.1, 0.15) is 12.7 Å². The van der Waals surface area contributed by atoms with Gasteiger partial charge in [0.25, 0.3) is 0 Å². The van der Waals surface area contributed by atoms with Crippen molar-refractivity contribution in [1.82, 2.24) is 4.90 Å². The third kappa shape index (κ3) is 3.97. The van der Waals surface area contributed by atoms with Gasteiger partial charge < -0.3 is 14.4 Å². The number of hydrogen-bond donors (Lipinski definition) is 0. The number of morpholine rings is 1. The Hall–Kier alpha value is -1.85. The van der Waals surface area contributed by atoms with Gasteiger partial charge in [-0.1, -0.05) is 58.4 Å². The summed E-state index contributed by atoms with van der Waals surface area (Å²) in [6, 6.07) is 17.6. The maximum Gasteiger partial charge on any atom is 0.410 e. The summed E-state index contributed by atoms with van der Waals surface area (Å²) in [5.41, 5.74) is 2.04. The average molecular weight is 390 g/mol. The second-order valence-corrected chi connectivity index (χ2v) is 6.73. The molecular formula is C19H20BrNO3. The van der Waals surface area contributed by atoms with Crippen molar-refractivity contribution in [2.45, 2.75) is 25.7 Å². The molecule has 1 aliphatic heterocycles. The maximum atomic E-state index is 12.5. The molecule has 4 nitrogen and oxygen atoms in total. The first-order valence-corrected chi connectivity index (χ1v) is 8.79. The van der Waals surface area contributed by atoms with Crippen LogP contribution in [0.1, 0.15) is 24.2 Å². The lowest BCUT2D eigenvalue weighted by Gasteiger charge is -2.38. The Kier molecular flexibility index (Phi) is 5.53. The Labute approximate surface area is 150 Å². The molecular weight excluding hydrogens is 370 g/mol. The Morgan fingerprint density at radius 1 is 1.21 bits per heavy atom. The number of nitrogens with zero attached hydrogens (tertiary/aromatic N) is 1. The minimum Gasteiger partial charge on any atom is -0.445 e. The zero-order valence-corrected chi connectivity index (χ0v) is 15.1. The van der Waals surface area contributed by atoms with Crippen molar-refractivity contribution in [2.75, 3.05) is 13.2 Å². The van der Waals surface area contributed by atoms with Gasteiger partial charge in [-0.25, -0.2) is 4.79 Å². The molecule has 2 atom stereocenters. The van der Waals surface area contributed by atoms with Gasteiger partial charge in [-0.05, 0) is 30.2 Å². The van der Waals surface area contributed by atoms with Gasteiger partial charge in [0.2, 0.25) is 0 Å². The Morgan fingerprint density at radius 2 is 1.92 bits per heavy atom. The number of hydrogen-bond acceptors (Lipinski definition) is 3. The first-order valence-electron chi connectivity index (χ1n) is 7.99. The van der Waals surface area contributed by atoms with Crippen LogP contribution in [0.3, 0.4) is 0 Å². The Morgan fingerprint density at radius 3 is 2.62 bits per heavy atom. The molecule has 0 unspecified atom stereocenters. The molecule has 3 rings (SSSR count). The van der Waals surface area contributed by atoms with Gasteiger partial charge in [-0.3, -0.25) is 0 Å². The van der Waals surface area contributed by atoms with E-state index in [1.54, 1.807) is 4.90 Å². The molecule has 0 saturated carbocycles. The average Bonchev–Trinajstić information content (AvgIpc) is 2.62. The molecule has 1 heterocycles. The maximum absolute atomic E-state index is 12.5. The smallest absolute Gasteiger partial charge is 0.410 e. The standard InChI is InChI=1S/C19H20BrNO3/c1-14-18(16-7-9-17(20)10-8-16)23-12-11-21(14)19(22)24-13-15-5-3-2-4-6-15/h2-10,14,18H,11-13H2,1H3/t14-,18+/m1/s1. The molecule has 0 radical (unpaired) electrons. The van der Waals surface area contributed by atoms with Crippen molar-refractivity contribution in [2.24, 2.45) is 0 Å². The van der Waals surface area contributed by atoms with Crippen LogP contribution in [-0.2, 0) is 16.1 Å². The molecule has 2 aromatic carbocycles. The molecule has 0 N–H and O–H groups in total. The monoisotopic (exact) mass is 389 g/mol. The van der Waals surface area contributed by atoms with Crippen LogP contribution in [0.15, 0.2) is 59.1 Å². The highest BCUT2D eigenvalue weighted by Gasteiger charge is 2.33. The highest BCUT2D eigenvalue weighted by Crippen LogP contribution is 2.29. The Balaban J connectivity index is 1.64. The van der Waals surface area contributed by atoms with E-state index in [2.05, 4.69) is 15.9 Å². The zero-order chi connectivity index (χ0) is 16.9. The molecule has 0 aliphatic carbocycles. The number of carbonyl (C=O) groups is 1. The molecule has 1 aliphatic rings. The van der Waals surface area contributed by atoms with Gasteiger partial charge in [-0.2, -0.15) is 0 Å². The van der Waals surface area contributed by atoms with E-state index in [9.17, 15) is 4.79 Å². The first-order chi connectivity index (χ1) is 11.6. The number of rotatable bonds is 3. The molecule has 2 aromatic rings. The van der Waals surface area contributed by atoms with Crippen LogP contribution in [0.5, 0.6) is 0 Å². The SMILES string of the molecule is C[C@@H]1[C@@H](c2ccc(Br)cc2)OCCN1C(=O)OCc1ccccc1. The molecule has 0 bridgehead atoms. The topological polar surface area (TPSA) is 38.8 Å². The highest BCUT2D eigenvalue weighted by molar-refractivity contribution is 9.10. The lowest BCUT2D eigenvalue weighted by Crippen LogP contribution is -2.48. The van der Waals surface area contributed by atoms with E-state index in [1.807, 2.05) is 61.5 Å². The van der Waals surface area contributed by atoms with Crippen LogP contribution in [0.4, 0.5) is 4.79 Å². The van der Waals surface area contributed by atoms with Crippen LogP contribution in [0, 0.1) is 0 Å². The zero-order valence-electron chi connectivity index (χ0n) is 13.5. The summed E-state index contributed by atoms with van der Waals surface area (Å²) in [5, 5.41) is 0. The minimum atomic E-state index is -0.295. The van der Waals surface area contributed by atoms with Gasteiger partial charge in [-0.15, -0.1) is 0 Å². The number of amides is 1. The van der Waals surface area contributed by atoms with E-state index in [-0.39, 0.29) is 24.8 Å². The summed E-state index contributed by atoms with van der Waals surface area (Å²) >= 11 is 3.44. The second kappa shape index (κ2) is 7.81. The van der Waals surface area contributed by atoms with Crippen LogP contribution in [0.2, 0.25) is 0 Å². The molecule has 1 saturated heterocycles. The van der Waals surface area contributed by atoms with Gasteiger partial charge in [0.15, 0.2) is 0 Å². The van der Waals surface area contributed by atoms with E-state index < -0.39 is 0 Å². The van der Waals surface area contributed by atoms with Crippen LogP contribution >= 0.6 is 15.9 Å². The van der Waals surface area contributed by atoms with Crippen LogP contribution < -0.4 is 0 Å². The third-order valence-corrected chi connectivity index (χ3v) is 4.73. The fraction of sp³-hybridized carbons (Fsp3) is 0.316. The summed E-state index contributed by atoms with van der Waals surface area (Å²) < 4.78 is 12.4. The number of carbonyl (C=O) groups excluding carboxylic acids is 1. The third-order valence-electron chi connectivity index (χ3n) is 4.20. The second-order valence-electron chi connectivity index (χ2n) is 5.82. The lowest BCUT2D eigenvalue weighted by atomic mass is 10.0. The molecule has 0 spiro atoms. The molecule has 5 heteroatoms. The van der Waals surface area contributed by atoms with E-state index >= 15 is 0 Å². The quantitative estimate of drug-likeness (QED) is 0.772. The Bertz CT molecular complexity index is 675. The predicted octanol–water partition coefficient (Wildman–Crippen LogP) is 4.55. The lowest BCUT2D eigenvalue weighted by molar-refractivity contribution is -0.0625. The van der Waals surface area contributed by atoms with Crippen molar-refractivity contribution in [3.8, 4) is 0 Å². The number of halogens is 1. The summed E-state index contributed by atoms with van der Waals surface area (Å²) in [7, 11) is 0. The van der Waals surface area contributed by atoms with Crippen LogP contribution in [-0.4, -0.2) is 30.2 Å². The first kappa shape index (κ1) is 17.0. The fourth-order valence-electron chi connectivity index (χ4n) is 2.87. The molecule has 24 heavy (non-hydrogen) atoms. The van der Waals surface area contributed by atoms with E-state index in [0.717, 1.165) is 15.6 Å². The largest absolute Gasteiger partial charge is 0.445 e. The molecule has 126 valence electrons. The van der Waals surface area contributed by atoms with E-state index in [1.165, 1.54) is 0 Å². The molecule has 0 aromatic heterocycles. The predicted molar refractivity (Wildman–Crippen MR) is 95.6 cm³/mol. The number of ether oxygens (including phenoxy) is 2. The molecule has 1 amide bonds. The summed E-state index contributed by atoms with van der Waals surface area (Å²) in [5.74, 6) is 0. The van der Waals surface area contributed by atoms with Crippen molar-refractivity contribution in [3.63, 3.8) is 0 Å². The van der Waals surface area contributed by atoms with E-state index in [0.29, 0.717) is 13.2 Å². The van der Waals surface area contributed by atoms with Gasteiger partial charge in [0.05, 0.1) is 12.6 Å². The summed E-state index contributed by atoms with van der Waals surface area (Å²) in [6.45, 7) is 3.33. The van der Waals surface area contributed by atoms with Gasteiger partial charge >= 0.3 is 6.09 Å². The van der Waals surface area contributed by atoms with Crippen molar-refractivity contribution >= 4 is 22.0 Å². The van der Waals surface area contributed by atoms with Crippen molar-refractivity contribution in [3.05, 3.63) is 70.2 Å². The summed E-state index contributed by atoms with van der Waals surface area (Å²) in [4.78, 5) is 14.2. The normalized spacial score (nSPS) is 20.7. The minimum absolute atomic E-state index is 0.0804.